The lowest BCUT2D eigenvalue weighted by Gasteiger charge is -2.33. The number of sulfonamides is 2. The molecule has 10 nitrogen and oxygen atoms in total. The summed E-state index contributed by atoms with van der Waals surface area (Å²) in [5.74, 6) is -1.67. The van der Waals surface area contributed by atoms with Crippen molar-refractivity contribution in [2.75, 3.05) is 31.5 Å². The zero-order chi connectivity index (χ0) is 31.5. The van der Waals surface area contributed by atoms with Gasteiger partial charge in [0.1, 0.15) is 23.5 Å². The lowest BCUT2D eigenvalue weighted by molar-refractivity contribution is -0.134. The third kappa shape index (κ3) is 7.50. The summed E-state index contributed by atoms with van der Waals surface area (Å²) in [5.41, 5.74) is 0.462. The predicted molar refractivity (Wildman–Crippen MR) is 155 cm³/mol. The maximum Gasteiger partial charge on any atom is 0.261 e. The van der Waals surface area contributed by atoms with Crippen LogP contribution in [0.4, 0.5) is 14.5 Å². The summed E-state index contributed by atoms with van der Waals surface area (Å²) in [5, 5.41) is 9.84. The normalized spacial score (nSPS) is 18.7. The molecule has 43 heavy (non-hydrogen) atoms. The van der Waals surface area contributed by atoms with Crippen LogP contribution in [0.3, 0.4) is 0 Å². The van der Waals surface area contributed by atoms with E-state index in [9.17, 15) is 35.5 Å². The molecule has 0 aliphatic carbocycles. The number of fused-ring (bicyclic) bond motifs is 1. The van der Waals surface area contributed by atoms with Crippen LogP contribution in [0.1, 0.15) is 19.4 Å². The maximum absolute atomic E-state index is 13.4. The molecule has 232 valence electrons. The Bertz CT molecular complexity index is 1670. The Morgan fingerprint density at radius 2 is 1.58 bits per heavy atom. The molecule has 1 heterocycles. The van der Waals surface area contributed by atoms with Gasteiger partial charge in [0.05, 0.1) is 35.4 Å². The van der Waals surface area contributed by atoms with Crippen molar-refractivity contribution in [1.29, 1.82) is 0 Å². The number of aliphatic hydroxyl groups excluding tert-OH is 1. The number of carbonyl (C=O) groups excluding carboxylic acids is 1. The van der Waals surface area contributed by atoms with Crippen molar-refractivity contribution in [3.8, 4) is 5.75 Å². The molecule has 1 aliphatic rings. The molecule has 3 aromatic rings. The molecule has 0 fully saturated rings. The SMILES string of the molecule is C[C@@H]1CN([C@@H](C)CO)C(=O)Cc2cc(NS(=O)(=O)c3ccc(F)cc3)ccc2O[C@@H]1CN(C)S(=O)(=O)c1ccc(F)cc1. The smallest absolute Gasteiger partial charge is 0.261 e. The summed E-state index contributed by atoms with van der Waals surface area (Å²) in [6, 6.07) is 12.6. The number of carbonyl (C=O) groups is 1. The van der Waals surface area contributed by atoms with Crippen molar-refractivity contribution in [3.63, 3.8) is 0 Å². The number of nitrogens with zero attached hydrogens (tertiary/aromatic N) is 2. The largest absolute Gasteiger partial charge is 0.488 e. The van der Waals surface area contributed by atoms with Crippen molar-refractivity contribution < 1.29 is 40.3 Å². The van der Waals surface area contributed by atoms with E-state index in [0.717, 1.165) is 40.7 Å². The van der Waals surface area contributed by atoms with Gasteiger partial charge < -0.3 is 14.7 Å². The number of halogens is 2. The molecule has 0 aromatic heterocycles. The van der Waals surface area contributed by atoms with E-state index in [-0.39, 0.29) is 53.3 Å². The molecule has 0 bridgehead atoms. The highest BCUT2D eigenvalue weighted by molar-refractivity contribution is 7.92. The third-order valence-electron chi connectivity index (χ3n) is 7.25. The highest BCUT2D eigenvalue weighted by Gasteiger charge is 2.33. The number of benzene rings is 3. The maximum atomic E-state index is 13.4. The molecule has 1 amide bonds. The first-order chi connectivity index (χ1) is 20.2. The zero-order valence-electron chi connectivity index (χ0n) is 23.8. The monoisotopic (exact) mass is 637 g/mol. The van der Waals surface area contributed by atoms with E-state index in [1.165, 1.54) is 42.3 Å². The number of rotatable bonds is 9. The number of likely N-dealkylation sites (N-methyl/N-ethyl adjacent to an activating group) is 1. The molecule has 0 saturated heterocycles. The third-order valence-corrected chi connectivity index (χ3v) is 10.5. The highest BCUT2D eigenvalue weighted by Crippen LogP contribution is 2.30. The minimum atomic E-state index is -4.09. The standard InChI is InChI=1S/C29H33F2N3O7S2/c1-19-16-34(20(2)18-35)29(36)15-21-14-24(32-42(37,38)25-9-4-22(30)5-10-25)8-13-27(21)41-28(19)17-33(3)43(39,40)26-11-6-23(31)7-12-26/h4-14,19-20,28,32,35H,15-18H2,1-3H3/t19-,20+,28-/m1/s1. The van der Waals surface area contributed by atoms with Crippen LogP contribution in [0, 0.1) is 17.6 Å². The number of anilines is 1. The zero-order valence-corrected chi connectivity index (χ0v) is 25.4. The van der Waals surface area contributed by atoms with Crippen LogP contribution in [-0.4, -0.2) is 75.9 Å². The van der Waals surface area contributed by atoms with Gasteiger partial charge in [-0.1, -0.05) is 6.92 Å². The Labute approximate surface area is 250 Å². The second-order valence-corrected chi connectivity index (χ2v) is 14.2. The van der Waals surface area contributed by atoms with Gasteiger partial charge in [0, 0.05) is 30.8 Å². The average molecular weight is 638 g/mol. The Morgan fingerprint density at radius 1 is 1.00 bits per heavy atom. The van der Waals surface area contributed by atoms with Crippen molar-refractivity contribution in [1.82, 2.24) is 9.21 Å². The van der Waals surface area contributed by atoms with Crippen molar-refractivity contribution in [3.05, 3.63) is 83.9 Å². The topological polar surface area (TPSA) is 133 Å². The summed E-state index contributed by atoms with van der Waals surface area (Å²) >= 11 is 0. The van der Waals surface area contributed by atoms with Gasteiger partial charge in [0.25, 0.3) is 10.0 Å². The average Bonchev–Trinajstić information content (AvgIpc) is 3.00. The van der Waals surface area contributed by atoms with Crippen LogP contribution in [0.5, 0.6) is 5.75 Å². The van der Waals surface area contributed by atoms with Gasteiger partial charge in [0.2, 0.25) is 15.9 Å². The molecule has 4 rings (SSSR count). The first-order valence-corrected chi connectivity index (χ1v) is 16.3. The van der Waals surface area contributed by atoms with Gasteiger partial charge in [-0.2, -0.15) is 4.31 Å². The number of hydrogen-bond donors (Lipinski definition) is 2. The van der Waals surface area contributed by atoms with Gasteiger partial charge in [-0.3, -0.25) is 9.52 Å². The lowest BCUT2D eigenvalue weighted by Crippen LogP contribution is -2.48. The first kappa shape index (κ1) is 32.3. The highest BCUT2D eigenvalue weighted by atomic mass is 32.2. The van der Waals surface area contributed by atoms with Gasteiger partial charge in [-0.05, 0) is 73.7 Å². The molecule has 0 radical (unpaired) electrons. The Balaban J connectivity index is 1.68. The van der Waals surface area contributed by atoms with E-state index >= 15 is 0 Å². The van der Waals surface area contributed by atoms with E-state index in [0.29, 0.717) is 5.56 Å². The van der Waals surface area contributed by atoms with Gasteiger partial charge in [0.15, 0.2) is 0 Å². The number of nitrogens with one attached hydrogen (secondary N) is 1. The fraction of sp³-hybridized carbons (Fsp3) is 0.345. The lowest BCUT2D eigenvalue weighted by atomic mass is 10.0. The van der Waals surface area contributed by atoms with E-state index < -0.39 is 49.7 Å². The second kappa shape index (κ2) is 13.0. The number of amides is 1. The summed E-state index contributed by atoms with van der Waals surface area (Å²) < 4.78 is 88.8. The fourth-order valence-electron chi connectivity index (χ4n) is 4.68. The Kier molecular flexibility index (Phi) is 9.74. The van der Waals surface area contributed by atoms with Gasteiger partial charge in [-0.15, -0.1) is 0 Å². The quantitative estimate of drug-likeness (QED) is 0.368. The summed E-state index contributed by atoms with van der Waals surface area (Å²) in [6.07, 6.45) is -0.963. The van der Waals surface area contributed by atoms with E-state index in [4.69, 9.17) is 4.74 Å². The molecule has 14 heteroatoms. The molecular weight excluding hydrogens is 604 g/mol. The van der Waals surface area contributed by atoms with E-state index in [2.05, 4.69) is 4.72 Å². The summed E-state index contributed by atoms with van der Waals surface area (Å²) in [4.78, 5) is 14.7. The molecule has 0 spiro atoms. The van der Waals surface area contributed by atoms with Crippen LogP contribution < -0.4 is 9.46 Å². The molecule has 0 saturated carbocycles. The molecule has 0 unspecified atom stereocenters. The molecule has 3 aromatic carbocycles. The predicted octanol–water partition coefficient (Wildman–Crippen LogP) is 3.24. The van der Waals surface area contributed by atoms with E-state index in [1.54, 1.807) is 13.8 Å². The summed E-state index contributed by atoms with van der Waals surface area (Å²) in [7, 11) is -6.74. The molecule has 2 N–H and O–H groups in total. The fourth-order valence-corrected chi connectivity index (χ4v) is 6.91. The molecule has 3 atom stereocenters. The van der Waals surface area contributed by atoms with E-state index in [1.807, 2.05) is 0 Å². The molecular formula is C29H33F2N3O7S2. The van der Waals surface area contributed by atoms with Crippen LogP contribution in [0.25, 0.3) is 0 Å². The molecule has 1 aliphatic heterocycles. The minimum Gasteiger partial charge on any atom is -0.488 e. The number of hydrogen-bond acceptors (Lipinski definition) is 7. The second-order valence-electron chi connectivity index (χ2n) is 10.5. The van der Waals surface area contributed by atoms with Gasteiger partial charge in [-0.25, -0.2) is 25.6 Å². The van der Waals surface area contributed by atoms with Crippen molar-refractivity contribution in [2.24, 2.45) is 5.92 Å². The Morgan fingerprint density at radius 3 is 2.16 bits per heavy atom. The van der Waals surface area contributed by atoms with Crippen LogP contribution in [0.2, 0.25) is 0 Å². The van der Waals surface area contributed by atoms with Crippen LogP contribution in [-0.2, 0) is 31.3 Å². The van der Waals surface area contributed by atoms with Gasteiger partial charge >= 0.3 is 0 Å². The number of ether oxygens (including phenoxy) is 1. The van der Waals surface area contributed by atoms with Crippen molar-refractivity contribution >= 4 is 31.6 Å². The van der Waals surface area contributed by atoms with Crippen LogP contribution in [0.15, 0.2) is 76.5 Å². The summed E-state index contributed by atoms with van der Waals surface area (Å²) in [6.45, 7) is 3.18. The van der Waals surface area contributed by atoms with Crippen molar-refractivity contribution in [2.45, 2.75) is 42.2 Å². The minimum absolute atomic E-state index is 0.101. The first-order valence-electron chi connectivity index (χ1n) is 13.4. The Hall–Kier alpha value is -3.59. The van der Waals surface area contributed by atoms with Crippen LogP contribution >= 0.6 is 0 Å². The number of aliphatic hydroxyl groups is 1.